The topological polar surface area (TPSA) is 12.4 Å². The lowest BCUT2D eigenvalue weighted by atomic mass is 10.0. The third kappa shape index (κ3) is 8.41. The molecule has 0 radical (unpaired) electrons. The fourth-order valence-corrected chi connectivity index (χ4v) is 1.23. The number of aliphatic imine (C=N–C) groups is 1. The van der Waals surface area contributed by atoms with Gasteiger partial charge in [-0.15, -0.1) is 0 Å². The normalized spacial score (nSPS) is 13.4. The molecule has 0 aliphatic heterocycles. The SMILES string of the molecule is CCCCN=C/C(=C/CC(C)C)C(C)C. The summed E-state index contributed by atoms with van der Waals surface area (Å²) in [7, 11) is 0. The van der Waals surface area contributed by atoms with E-state index < -0.39 is 0 Å². The quantitative estimate of drug-likeness (QED) is 0.433. The Bertz CT molecular complexity index is 199. The van der Waals surface area contributed by atoms with Crippen molar-refractivity contribution in [3.8, 4) is 0 Å². The van der Waals surface area contributed by atoms with Gasteiger partial charge in [0.25, 0.3) is 0 Å². The maximum absolute atomic E-state index is 4.47. The van der Waals surface area contributed by atoms with Gasteiger partial charge in [0.2, 0.25) is 0 Å². The average molecular weight is 209 g/mol. The third-order valence-corrected chi connectivity index (χ3v) is 2.37. The van der Waals surface area contributed by atoms with Gasteiger partial charge < -0.3 is 0 Å². The molecule has 0 spiro atoms. The molecule has 0 N–H and O–H groups in total. The van der Waals surface area contributed by atoms with Crippen LogP contribution in [0.2, 0.25) is 0 Å². The Morgan fingerprint density at radius 3 is 2.33 bits per heavy atom. The Morgan fingerprint density at radius 2 is 1.87 bits per heavy atom. The first-order valence-corrected chi connectivity index (χ1v) is 6.27. The number of rotatable bonds is 7. The van der Waals surface area contributed by atoms with Gasteiger partial charge in [-0.1, -0.05) is 47.1 Å². The largest absolute Gasteiger partial charge is 0.293 e. The average Bonchev–Trinajstić information content (AvgIpc) is 2.15. The van der Waals surface area contributed by atoms with Crippen molar-refractivity contribution < 1.29 is 0 Å². The number of hydrogen-bond acceptors (Lipinski definition) is 1. The van der Waals surface area contributed by atoms with Gasteiger partial charge in [-0.25, -0.2) is 0 Å². The van der Waals surface area contributed by atoms with E-state index in [0.717, 1.165) is 18.9 Å². The highest BCUT2D eigenvalue weighted by Crippen LogP contribution is 2.11. The Balaban J connectivity index is 4.15. The van der Waals surface area contributed by atoms with Gasteiger partial charge in [0.05, 0.1) is 0 Å². The molecule has 0 rings (SSSR count). The summed E-state index contributed by atoms with van der Waals surface area (Å²) in [6, 6.07) is 0. The molecule has 0 fully saturated rings. The smallest absolute Gasteiger partial charge is 0.0389 e. The van der Waals surface area contributed by atoms with Crippen molar-refractivity contribution in [3.63, 3.8) is 0 Å². The van der Waals surface area contributed by atoms with Crippen LogP contribution in [0.1, 0.15) is 53.9 Å². The Labute approximate surface area is 95.7 Å². The Kier molecular flexibility index (Phi) is 8.35. The van der Waals surface area contributed by atoms with E-state index in [-0.39, 0.29) is 0 Å². The molecular formula is C14H27N. The summed E-state index contributed by atoms with van der Waals surface area (Å²) in [5.41, 5.74) is 1.39. The first-order valence-electron chi connectivity index (χ1n) is 6.27. The molecule has 0 aromatic carbocycles. The standard InChI is InChI=1S/C14H27N/c1-6-7-10-15-11-14(13(4)5)9-8-12(2)3/h9,11-13H,6-8,10H2,1-5H3/b14-9-,15-11?. The molecule has 0 bridgehead atoms. The molecule has 0 aliphatic rings. The van der Waals surface area contributed by atoms with Crippen molar-refractivity contribution >= 4 is 6.21 Å². The van der Waals surface area contributed by atoms with Crippen LogP contribution in [-0.2, 0) is 0 Å². The minimum atomic E-state index is 0.592. The molecule has 0 heterocycles. The predicted molar refractivity (Wildman–Crippen MR) is 70.6 cm³/mol. The highest BCUT2D eigenvalue weighted by Gasteiger charge is 2.00. The van der Waals surface area contributed by atoms with E-state index in [1.54, 1.807) is 0 Å². The second-order valence-corrected chi connectivity index (χ2v) is 4.88. The van der Waals surface area contributed by atoms with E-state index in [1.165, 1.54) is 18.4 Å². The molecule has 1 nitrogen and oxygen atoms in total. The molecule has 0 atom stereocenters. The predicted octanol–water partition coefficient (Wildman–Crippen LogP) is 4.49. The number of allylic oxidation sites excluding steroid dienone is 2. The summed E-state index contributed by atoms with van der Waals surface area (Å²) in [6.07, 6.45) is 8.00. The van der Waals surface area contributed by atoms with E-state index in [4.69, 9.17) is 0 Å². The number of unbranched alkanes of at least 4 members (excludes halogenated alkanes) is 1. The van der Waals surface area contributed by atoms with Crippen LogP contribution in [0.5, 0.6) is 0 Å². The molecule has 1 heteroatoms. The van der Waals surface area contributed by atoms with Gasteiger partial charge in [-0.2, -0.15) is 0 Å². The van der Waals surface area contributed by atoms with Crippen molar-refractivity contribution in [3.05, 3.63) is 11.6 Å². The Hall–Kier alpha value is -0.590. The first kappa shape index (κ1) is 14.4. The zero-order valence-corrected chi connectivity index (χ0v) is 11.1. The van der Waals surface area contributed by atoms with Crippen molar-refractivity contribution in [2.45, 2.75) is 53.9 Å². The fraction of sp³-hybridized carbons (Fsp3) is 0.786. The zero-order valence-electron chi connectivity index (χ0n) is 11.1. The highest BCUT2D eigenvalue weighted by atomic mass is 14.7. The molecular weight excluding hydrogens is 182 g/mol. The molecule has 0 saturated heterocycles. The van der Waals surface area contributed by atoms with Crippen LogP contribution < -0.4 is 0 Å². The van der Waals surface area contributed by atoms with Crippen molar-refractivity contribution in [1.82, 2.24) is 0 Å². The van der Waals surface area contributed by atoms with E-state index in [2.05, 4.69) is 51.9 Å². The monoisotopic (exact) mass is 209 g/mol. The Morgan fingerprint density at radius 1 is 1.20 bits per heavy atom. The van der Waals surface area contributed by atoms with Gasteiger partial charge in [0, 0.05) is 12.8 Å². The number of nitrogens with zero attached hydrogens (tertiary/aromatic N) is 1. The van der Waals surface area contributed by atoms with Crippen molar-refractivity contribution in [1.29, 1.82) is 0 Å². The summed E-state index contributed by atoms with van der Waals surface area (Å²) >= 11 is 0. The minimum absolute atomic E-state index is 0.592. The molecule has 0 amide bonds. The van der Waals surface area contributed by atoms with Crippen LogP contribution >= 0.6 is 0 Å². The van der Waals surface area contributed by atoms with E-state index >= 15 is 0 Å². The molecule has 0 aromatic heterocycles. The molecule has 88 valence electrons. The lowest BCUT2D eigenvalue weighted by Crippen LogP contribution is -1.98. The van der Waals surface area contributed by atoms with Crippen LogP contribution in [-0.4, -0.2) is 12.8 Å². The molecule has 0 aromatic rings. The third-order valence-electron chi connectivity index (χ3n) is 2.37. The first-order chi connectivity index (χ1) is 7.07. The van der Waals surface area contributed by atoms with E-state index in [9.17, 15) is 0 Å². The summed E-state index contributed by atoms with van der Waals surface area (Å²) in [6.45, 7) is 12.1. The van der Waals surface area contributed by atoms with Crippen LogP contribution in [0.15, 0.2) is 16.6 Å². The zero-order chi connectivity index (χ0) is 11.7. The van der Waals surface area contributed by atoms with Crippen molar-refractivity contribution in [2.24, 2.45) is 16.8 Å². The van der Waals surface area contributed by atoms with E-state index in [0.29, 0.717) is 5.92 Å². The summed E-state index contributed by atoms with van der Waals surface area (Å²) in [4.78, 5) is 4.47. The molecule has 0 unspecified atom stereocenters. The highest BCUT2D eigenvalue weighted by molar-refractivity contribution is 5.78. The van der Waals surface area contributed by atoms with Gasteiger partial charge in [-0.3, -0.25) is 4.99 Å². The van der Waals surface area contributed by atoms with Gasteiger partial charge >= 0.3 is 0 Å². The maximum Gasteiger partial charge on any atom is 0.0389 e. The minimum Gasteiger partial charge on any atom is -0.293 e. The fourth-order valence-electron chi connectivity index (χ4n) is 1.23. The number of hydrogen-bond donors (Lipinski definition) is 0. The molecule has 15 heavy (non-hydrogen) atoms. The second-order valence-electron chi connectivity index (χ2n) is 4.88. The van der Waals surface area contributed by atoms with Crippen LogP contribution in [0.4, 0.5) is 0 Å². The van der Waals surface area contributed by atoms with Gasteiger partial charge in [-0.05, 0) is 30.3 Å². The van der Waals surface area contributed by atoms with E-state index in [1.807, 2.05) is 0 Å². The van der Waals surface area contributed by atoms with Gasteiger partial charge in [0.1, 0.15) is 0 Å². The van der Waals surface area contributed by atoms with Crippen LogP contribution in [0.3, 0.4) is 0 Å². The summed E-state index contributed by atoms with van der Waals surface area (Å²) < 4.78 is 0. The van der Waals surface area contributed by atoms with Gasteiger partial charge in [0.15, 0.2) is 0 Å². The van der Waals surface area contributed by atoms with Crippen LogP contribution in [0, 0.1) is 11.8 Å². The molecule has 0 saturated carbocycles. The summed E-state index contributed by atoms with van der Waals surface area (Å²) in [5.74, 6) is 1.33. The maximum atomic E-state index is 4.47. The molecule has 0 aliphatic carbocycles. The second kappa shape index (κ2) is 8.70. The summed E-state index contributed by atoms with van der Waals surface area (Å²) in [5, 5.41) is 0. The van der Waals surface area contributed by atoms with Crippen molar-refractivity contribution in [2.75, 3.05) is 6.54 Å². The lowest BCUT2D eigenvalue weighted by molar-refractivity contribution is 0.656. The lowest BCUT2D eigenvalue weighted by Gasteiger charge is -2.07. The van der Waals surface area contributed by atoms with Crippen LogP contribution in [0.25, 0.3) is 0 Å².